The number of rotatable bonds is 7. The first-order valence-electron chi connectivity index (χ1n) is 8.64. The summed E-state index contributed by atoms with van der Waals surface area (Å²) in [5, 5.41) is 5.08. The third-order valence-corrected chi connectivity index (χ3v) is 3.64. The number of carbonyl (C=O) groups excluding carboxylic acids is 3. The molecule has 0 saturated carbocycles. The smallest absolute Gasteiger partial charge is 0.355 e. The zero-order chi connectivity index (χ0) is 20.5. The predicted octanol–water partition coefficient (Wildman–Crippen LogP) is 2.41. The average molecular weight is 381 g/mol. The SMILES string of the molecule is CC(=O)N/C(=C\c1ccccc1)C(=O)OCC(=O)Nc1ccc(N(C)C)cc1. The normalized spacial score (nSPS) is 10.8. The standard InChI is InChI=1S/C21H23N3O4/c1-15(25)22-19(13-16-7-5-4-6-8-16)21(27)28-14-20(26)23-17-9-11-18(12-10-17)24(2)3/h4-13H,14H2,1-3H3,(H,22,25)(H,23,26)/b19-13-. The molecule has 0 fully saturated rings. The van der Waals surface area contributed by atoms with E-state index in [0.717, 1.165) is 5.69 Å². The van der Waals surface area contributed by atoms with Crippen molar-refractivity contribution in [2.75, 3.05) is 30.9 Å². The molecule has 7 nitrogen and oxygen atoms in total. The van der Waals surface area contributed by atoms with E-state index in [2.05, 4.69) is 10.6 Å². The predicted molar refractivity (Wildman–Crippen MR) is 109 cm³/mol. The number of amides is 2. The van der Waals surface area contributed by atoms with Gasteiger partial charge in [0.1, 0.15) is 5.70 Å². The lowest BCUT2D eigenvalue weighted by atomic mass is 10.2. The maximum Gasteiger partial charge on any atom is 0.355 e. The van der Waals surface area contributed by atoms with E-state index < -0.39 is 24.4 Å². The van der Waals surface area contributed by atoms with Crippen LogP contribution in [-0.4, -0.2) is 38.5 Å². The molecule has 0 spiro atoms. The van der Waals surface area contributed by atoms with Crippen molar-refractivity contribution in [3.8, 4) is 0 Å². The van der Waals surface area contributed by atoms with Gasteiger partial charge in [-0.15, -0.1) is 0 Å². The molecule has 0 aromatic heterocycles. The van der Waals surface area contributed by atoms with E-state index in [9.17, 15) is 14.4 Å². The Morgan fingerprint density at radius 3 is 2.21 bits per heavy atom. The van der Waals surface area contributed by atoms with Crippen molar-refractivity contribution in [3.63, 3.8) is 0 Å². The molecule has 7 heteroatoms. The quantitative estimate of drug-likeness (QED) is 0.568. The monoisotopic (exact) mass is 381 g/mol. The molecular weight excluding hydrogens is 358 g/mol. The fourth-order valence-corrected chi connectivity index (χ4v) is 2.30. The average Bonchev–Trinajstić information content (AvgIpc) is 2.66. The molecule has 0 atom stereocenters. The molecule has 146 valence electrons. The molecule has 2 amide bonds. The first kappa shape index (κ1) is 20.7. The van der Waals surface area contributed by atoms with Crippen molar-refractivity contribution in [2.24, 2.45) is 0 Å². The van der Waals surface area contributed by atoms with Crippen molar-refractivity contribution in [1.29, 1.82) is 0 Å². The Kier molecular flexibility index (Phi) is 7.33. The van der Waals surface area contributed by atoms with Gasteiger partial charge in [0.05, 0.1) is 0 Å². The highest BCUT2D eigenvalue weighted by Crippen LogP contribution is 2.15. The minimum Gasteiger partial charge on any atom is -0.451 e. The van der Waals surface area contributed by atoms with E-state index in [1.165, 1.54) is 13.0 Å². The van der Waals surface area contributed by atoms with Crippen LogP contribution in [0.2, 0.25) is 0 Å². The lowest BCUT2D eigenvalue weighted by Gasteiger charge is -2.13. The van der Waals surface area contributed by atoms with Gasteiger partial charge in [0, 0.05) is 32.4 Å². The number of esters is 1. The second kappa shape index (κ2) is 9.91. The van der Waals surface area contributed by atoms with E-state index in [1.54, 1.807) is 36.4 Å². The summed E-state index contributed by atoms with van der Waals surface area (Å²) >= 11 is 0. The van der Waals surface area contributed by atoms with Gasteiger partial charge in [-0.2, -0.15) is 0 Å². The molecular formula is C21H23N3O4. The van der Waals surface area contributed by atoms with Gasteiger partial charge in [-0.25, -0.2) is 4.79 Å². The molecule has 2 N–H and O–H groups in total. The molecule has 0 aliphatic rings. The summed E-state index contributed by atoms with van der Waals surface area (Å²) < 4.78 is 5.03. The van der Waals surface area contributed by atoms with Crippen LogP contribution in [0.25, 0.3) is 6.08 Å². The summed E-state index contributed by atoms with van der Waals surface area (Å²) in [6, 6.07) is 16.2. The van der Waals surface area contributed by atoms with Gasteiger partial charge in [0.15, 0.2) is 6.61 Å². The summed E-state index contributed by atoms with van der Waals surface area (Å²) in [5.74, 6) is -1.69. The van der Waals surface area contributed by atoms with Gasteiger partial charge >= 0.3 is 5.97 Å². The fraction of sp³-hybridized carbons (Fsp3) is 0.190. The molecule has 0 radical (unpaired) electrons. The molecule has 0 saturated heterocycles. The highest BCUT2D eigenvalue weighted by molar-refractivity contribution is 5.99. The van der Waals surface area contributed by atoms with Gasteiger partial charge < -0.3 is 20.3 Å². The largest absolute Gasteiger partial charge is 0.451 e. The summed E-state index contributed by atoms with van der Waals surface area (Å²) in [7, 11) is 3.84. The van der Waals surface area contributed by atoms with Crippen LogP contribution in [0.3, 0.4) is 0 Å². The van der Waals surface area contributed by atoms with E-state index in [4.69, 9.17) is 4.74 Å². The van der Waals surface area contributed by atoms with Crippen molar-refractivity contribution >= 4 is 35.2 Å². The summed E-state index contributed by atoms with van der Waals surface area (Å²) in [4.78, 5) is 37.6. The number of nitrogens with one attached hydrogen (secondary N) is 2. The molecule has 2 rings (SSSR count). The zero-order valence-corrected chi connectivity index (χ0v) is 16.1. The van der Waals surface area contributed by atoms with Crippen LogP contribution in [-0.2, 0) is 19.1 Å². The zero-order valence-electron chi connectivity index (χ0n) is 16.1. The first-order valence-corrected chi connectivity index (χ1v) is 8.64. The van der Waals surface area contributed by atoms with Gasteiger partial charge in [-0.1, -0.05) is 30.3 Å². The highest BCUT2D eigenvalue weighted by atomic mass is 16.5. The Morgan fingerprint density at radius 2 is 1.64 bits per heavy atom. The van der Waals surface area contributed by atoms with Crippen LogP contribution in [0.4, 0.5) is 11.4 Å². The Labute approximate surface area is 164 Å². The number of hydrogen-bond donors (Lipinski definition) is 2. The summed E-state index contributed by atoms with van der Waals surface area (Å²) in [6.45, 7) is 0.816. The molecule has 2 aromatic rings. The highest BCUT2D eigenvalue weighted by Gasteiger charge is 2.15. The van der Waals surface area contributed by atoms with Crippen molar-refractivity contribution < 1.29 is 19.1 Å². The number of anilines is 2. The number of carbonyl (C=O) groups is 3. The van der Waals surface area contributed by atoms with Crippen LogP contribution in [0, 0.1) is 0 Å². The molecule has 0 aliphatic heterocycles. The number of hydrogen-bond acceptors (Lipinski definition) is 5. The number of ether oxygens (including phenoxy) is 1. The van der Waals surface area contributed by atoms with Gasteiger partial charge in [-0.3, -0.25) is 9.59 Å². The van der Waals surface area contributed by atoms with E-state index in [1.807, 2.05) is 37.2 Å². The van der Waals surface area contributed by atoms with Crippen LogP contribution < -0.4 is 15.5 Å². The third-order valence-electron chi connectivity index (χ3n) is 3.64. The van der Waals surface area contributed by atoms with Gasteiger partial charge in [0.25, 0.3) is 5.91 Å². The van der Waals surface area contributed by atoms with E-state index in [0.29, 0.717) is 11.3 Å². The van der Waals surface area contributed by atoms with Crippen LogP contribution in [0.5, 0.6) is 0 Å². The Balaban J connectivity index is 1.96. The number of benzene rings is 2. The van der Waals surface area contributed by atoms with E-state index >= 15 is 0 Å². The Hall–Kier alpha value is -3.61. The van der Waals surface area contributed by atoms with Crippen LogP contribution in [0.15, 0.2) is 60.3 Å². The molecule has 2 aromatic carbocycles. The second-order valence-corrected chi connectivity index (χ2v) is 6.22. The van der Waals surface area contributed by atoms with Gasteiger partial charge in [-0.05, 0) is 35.9 Å². The maximum absolute atomic E-state index is 12.3. The van der Waals surface area contributed by atoms with Crippen molar-refractivity contribution in [3.05, 3.63) is 65.9 Å². The van der Waals surface area contributed by atoms with Crippen molar-refractivity contribution in [1.82, 2.24) is 5.32 Å². The fourth-order valence-electron chi connectivity index (χ4n) is 2.30. The van der Waals surface area contributed by atoms with E-state index in [-0.39, 0.29) is 5.70 Å². The molecule has 28 heavy (non-hydrogen) atoms. The Bertz CT molecular complexity index is 859. The Morgan fingerprint density at radius 1 is 1.00 bits per heavy atom. The van der Waals surface area contributed by atoms with Crippen LogP contribution >= 0.6 is 0 Å². The minimum absolute atomic E-state index is 0.0400. The molecule has 0 bridgehead atoms. The number of nitrogens with zero attached hydrogens (tertiary/aromatic N) is 1. The molecule has 0 aliphatic carbocycles. The van der Waals surface area contributed by atoms with Crippen molar-refractivity contribution in [2.45, 2.75) is 6.92 Å². The lowest BCUT2D eigenvalue weighted by molar-refractivity contribution is -0.144. The summed E-state index contributed by atoms with van der Waals surface area (Å²) in [5.41, 5.74) is 2.26. The lowest BCUT2D eigenvalue weighted by Crippen LogP contribution is -2.28. The van der Waals surface area contributed by atoms with Gasteiger partial charge in [0.2, 0.25) is 5.91 Å². The summed E-state index contributed by atoms with van der Waals surface area (Å²) in [6.07, 6.45) is 1.49. The first-order chi connectivity index (χ1) is 13.3. The maximum atomic E-state index is 12.3. The minimum atomic E-state index is -0.794. The topological polar surface area (TPSA) is 87.7 Å². The molecule has 0 heterocycles. The third kappa shape index (κ3) is 6.60. The second-order valence-electron chi connectivity index (χ2n) is 6.22. The molecule has 0 unspecified atom stereocenters. The van der Waals surface area contributed by atoms with Crippen LogP contribution in [0.1, 0.15) is 12.5 Å².